The maximum absolute atomic E-state index is 9.92. The highest BCUT2D eigenvalue weighted by Crippen LogP contribution is 2.40. The third-order valence-corrected chi connectivity index (χ3v) is 6.18. The van der Waals surface area contributed by atoms with Crippen molar-refractivity contribution in [2.24, 2.45) is 0 Å². The van der Waals surface area contributed by atoms with Crippen molar-refractivity contribution in [3.05, 3.63) is 181 Å². The second kappa shape index (κ2) is 23.7. The van der Waals surface area contributed by atoms with Crippen LogP contribution in [0.25, 0.3) is 0 Å². The summed E-state index contributed by atoms with van der Waals surface area (Å²) in [6.07, 6.45) is 0. The molecule has 0 fully saturated rings. The summed E-state index contributed by atoms with van der Waals surface area (Å²) in [6.45, 7) is 3.97. The number of aromatic hydroxyl groups is 6. The average Bonchev–Trinajstić information content (AvgIpc) is 3.07. The Morgan fingerprint density at radius 3 is 0.673 bits per heavy atom. The van der Waals surface area contributed by atoms with Crippen molar-refractivity contribution in [3.63, 3.8) is 0 Å². The smallest absolute Gasteiger partial charge is 0.324 e. The van der Waals surface area contributed by atoms with Gasteiger partial charge in [-0.05, 0) is 60.7 Å². The van der Waals surface area contributed by atoms with Crippen LogP contribution in [-0.2, 0) is 5.41 Å². The predicted molar refractivity (Wildman–Crippen MR) is 194 cm³/mol. The zero-order valence-corrected chi connectivity index (χ0v) is 28.0. The number of hydrogen-bond acceptors (Lipinski definition) is 9. The fourth-order valence-electron chi connectivity index (χ4n) is 3.86. The first kappa shape index (κ1) is 41.5. The van der Waals surface area contributed by atoms with E-state index in [9.17, 15) is 10.2 Å². The monoisotopic (exact) mass is 686 g/mol. The minimum Gasteiger partial charge on any atom is -0.508 e. The Morgan fingerprint density at radius 1 is 0.327 bits per heavy atom. The minimum atomic E-state index is -2.62. The largest absolute Gasteiger partial charge is 0.508 e. The van der Waals surface area contributed by atoms with Gasteiger partial charge in [0.05, 0.1) is 0 Å². The molecule has 0 saturated carbocycles. The lowest BCUT2D eigenvalue weighted by Crippen LogP contribution is -2.19. The molecule has 9 N–H and O–H groups in total. The summed E-state index contributed by atoms with van der Waals surface area (Å²) in [6, 6.07) is 49.3. The molecule has 9 nitrogen and oxygen atoms in total. The normalized spacial score (nSPS) is 9.59. The lowest BCUT2D eigenvalue weighted by molar-refractivity contribution is 0.368. The van der Waals surface area contributed by atoms with Crippen molar-refractivity contribution < 1.29 is 45.3 Å². The van der Waals surface area contributed by atoms with E-state index in [-0.39, 0.29) is 11.5 Å². The van der Waals surface area contributed by atoms with E-state index in [2.05, 4.69) is 0 Å². The molecule has 6 rings (SSSR count). The fraction of sp³-hybridized carbons (Fsp3) is 0.0769. The van der Waals surface area contributed by atoms with E-state index >= 15 is 0 Å². The molecule has 0 radical (unpaired) electrons. The Hall–Kier alpha value is -5.57. The summed E-state index contributed by atoms with van der Waals surface area (Å²) in [5.74, 6) is 1.79. The van der Waals surface area contributed by atoms with Crippen molar-refractivity contribution in [2.75, 3.05) is 0 Å². The molecule has 6 aromatic carbocycles. The molecule has 0 bridgehead atoms. The molecule has 0 aromatic heterocycles. The molecule has 0 aliphatic carbocycles. The van der Waals surface area contributed by atoms with Crippen LogP contribution in [-0.4, -0.2) is 45.3 Å². The molecule has 6 aromatic rings. The maximum atomic E-state index is 9.92. The van der Waals surface area contributed by atoms with Gasteiger partial charge >= 0.3 is 8.60 Å². The van der Waals surface area contributed by atoms with E-state index in [1.165, 1.54) is 0 Å². The van der Waals surface area contributed by atoms with Crippen molar-refractivity contribution in [3.8, 4) is 34.5 Å². The number of phenolic OH excluding ortho intramolecular Hbond substituents is 6. The van der Waals surface area contributed by atoms with Gasteiger partial charge in [-0.25, -0.2) is 0 Å². The van der Waals surface area contributed by atoms with Gasteiger partial charge in [-0.1, -0.05) is 123 Å². The topological polar surface area (TPSA) is 182 Å². The average molecular weight is 687 g/mol. The second-order valence-corrected chi connectivity index (χ2v) is 10.8. The van der Waals surface area contributed by atoms with Gasteiger partial charge in [-0.15, -0.1) is 0 Å². The van der Waals surface area contributed by atoms with Gasteiger partial charge in [0, 0.05) is 16.5 Å². The van der Waals surface area contributed by atoms with Crippen LogP contribution in [0.15, 0.2) is 170 Å². The van der Waals surface area contributed by atoms with Crippen LogP contribution in [0.3, 0.4) is 0 Å². The number of rotatable bonds is 2. The van der Waals surface area contributed by atoms with Crippen LogP contribution in [0, 0.1) is 0 Å². The molecular weight excluding hydrogens is 643 g/mol. The Kier molecular flexibility index (Phi) is 20.1. The maximum Gasteiger partial charge on any atom is 0.324 e. The van der Waals surface area contributed by atoms with Crippen LogP contribution in [0.5, 0.6) is 34.5 Å². The van der Waals surface area contributed by atoms with E-state index in [0.29, 0.717) is 23.0 Å². The van der Waals surface area contributed by atoms with Gasteiger partial charge in [-0.2, -0.15) is 0 Å². The summed E-state index contributed by atoms with van der Waals surface area (Å²) in [4.78, 5) is 21.7. The van der Waals surface area contributed by atoms with E-state index in [1.807, 2.05) is 62.4 Å². The second-order valence-electron chi connectivity index (χ2n) is 10.3. The molecule has 0 heterocycles. The molecule has 0 unspecified atom stereocenters. The Balaban J connectivity index is 0.000000317. The van der Waals surface area contributed by atoms with E-state index in [4.69, 9.17) is 35.1 Å². The molecule has 0 aliphatic heterocycles. The molecule has 0 atom stereocenters. The van der Waals surface area contributed by atoms with Gasteiger partial charge in [-0.3, -0.25) is 0 Å². The standard InChI is InChI=1S/C15H16O2.4C6H6O.H3O3P/c1-15(2,11-7-3-5-9-13(11)16)12-8-4-6-10-14(12)17;4*7-6-4-2-1-3-5-6;1-4(2)3/h3-10,16-17H,1-2H3;4*1-5,7H;1-3H. The van der Waals surface area contributed by atoms with Gasteiger partial charge in [0.25, 0.3) is 0 Å². The molecule has 258 valence electrons. The zero-order chi connectivity index (χ0) is 36.5. The molecule has 0 aliphatic rings. The number of para-hydroxylation sites is 6. The summed E-state index contributed by atoms with van der Waals surface area (Å²) >= 11 is 0. The highest BCUT2D eigenvalue weighted by atomic mass is 31.2. The van der Waals surface area contributed by atoms with Crippen molar-refractivity contribution in [1.82, 2.24) is 0 Å². The zero-order valence-electron chi connectivity index (χ0n) is 27.1. The Morgan fingerprint density at radius 2 is 0.510 bits per heavy atom. The van der Waals surface area contributed by atoms with Crippen LogP contribution in [0.1, 0.15) is 25.0 Å². The van der Waals surface area contributed by atoms with Gasteiger partial charge in [0.2, 0.25) is 0 Å². The number of phenols is 6. The third-order valence-electron chi connectivity index (χ3n) is 6.18. The molecule has 0 amide bonds. The fourth-order valence-corrected chi connectivity index (χ4v) is 3.86. The molecule has 49 heavy (non-hydrogen) atoms. The first-order chi connectivity index (χ1) is 23.3. The van der Waals surface area contributed by atoms with Crippen LogP contribution in [0.2, 0.25) is 0 Å². The minimum absolute atomic E-state index is 0.251. The van der Waals surface area contributed by atoms with E-state index < -0.39 is 14.0 Å². The Labute approximate surface area is 288 Å². The van der Waals surface area contributed by atoms with Crippen LogP contribution < -0.4 is 0 Å². The van der Waals surface area contributed by atoms with Crippen molar-refractivity contribution in [1.29, 1.82) is 0 Å². The SMILES string of the molecule is CC(C)(c1ccccc1O)c1ccccc1O.OP(O)O.Oc1ccccc1.Oc1ccccc1.Oc1ccccc1.Oc1ccccc1. The summed E-state index contributed by atoms with van der Waals surface area (Å²) in [5, 5.41) is 54.4. The molecule has 0 saturated heterocycles. The van der Waals surface area contributed by atoms with E-state index in [0.717, 1.165) is 11.1 Å². The van der Waals surface area contributed by atoms with Crippen LogP contribution in [0.4, 0.5) is 0 Å². The van der Waals surface area contributed by atoms with Crippen LogP contribution >= 0.6 is 8.60 Å². The molecule has 10 heteroatoms. The number of hydrogen-bond donors (Lipinski definition) is 9. The Bertz CT molecular complexity index is 1470. The van der Waals surface area contributed by atoms with E-state index in [1.54, 1.807) is 121 Å². The van der Waals surface area contributed by atoms with Crippen molar-refractivity contribution >= 4 is 8.60 Å². The first-order valence-corrected chi connectivity index (χ1v) is 15.9. The number of benzene rings is 6. The third kappa shape index (κ3) is 19.0. The highest BCUT2D eigenvalue weighted by Gasteiger charge is 2.28. The van der Waals surface area contributed by atoms with Gasteiger partial charge in [0.15, 0.2) is 0 Å². The lowest BCUT2D eigenvalue weighted by atomic mass is 9.77. The summed E-state index contributed by atoms with van der Waals surface area (Å²) in [5.41, 5.74) is 1.18. The highest BCUT2D eigenvalue weighted by molar-refractivity contribution is 7.38. The molecule has 0 spiro atoms. The molecular formula is C39H43O9P. The lowest BCUT2D eigenvalue weighted by Gasteiger charge is -2.27. The quantitative estimate of drug-likeness (QED) is 0.0811. The first-order valence-electron chi connectivity index (χ1n) is 14.7. The summed E-state index contributed by atoms with van der Waals surface area (Å²) < 4.78 is 0. The predicted octanol–water partition coefficient (Wildman–Crippen LogP) is 8.18. The summed E-state index contributed by atoms with van der Waals surface area (Å²) in [7, 11) is -2.62. The van der Waals surface area contributed by atoms with Gasteiger partial charge in [0.1, 0.15) is 34.5 Å². The van der Waals surface area contributed by atoms with Crippen molar-refractivity contribution in [2.45, 2.75) is 19.3 Å². The van der Waals surface area contributed by atoms with Gasteiger partial charge < -0.3 is 45.3 Å².